The van der Waals surface area contributed by atoms with Gasteiger partial charge in [-0.1, -0.05) is 0 Å². The second-order valence-corrected chi connectivity index (χ2v) is 6.03. The Morgan fingerprint density at radius 3 is 2.25 bits per heavy atom. The van der Waals surface area contributed by atoms with Crippen molar-refractivity contribution in [2.24, 2.45) is 0 Å². The maximum atomic E-state index is 13.6. The van der Waals surface area contributed by atoms with Crippen LogP contribution in [-0.4, -0.2) is 30.0 Å². The summed E-state index contributed by atoms with van der Waals surface area (Å²) in [5.74, 6) is -4.90. The molecule has 0 saturated carbocycles. The van der Waals surface area contributed by atoms with Crippen molar-refractivity contribution in [2.75, 3.05) is 29.6 Å². The summed E-state index contributed by atoms with van der Waals surface area (Å²) >= 11 is 0. The van der Waals surface area contributed by atoms with Gasteiger partial charge >= 0.3 is 0 Å². The van der Waals surface area contributed by atoms with Gasteiger partial charge in [0, 0.05) is 25.5 Å². The normalized spacial score (nSPS) is 10.5. The summed E-state index contributed by atoms with van der Waals surface area (Å²) in [6, 6.07) is 9.22. The number of nitrogens with zero attached hydrogens (tertiary/aromatic N) is 3. The molecule has 28 heavy (non-hydrogen) atoms. The molecule has 0 aliphatic carbocycles. The summed E-state index contributed by atoms with van der Waals surface area (Å²) < 4.78 is 39.8. The van der Waals surface area contributed by atoms with Crippen molar-refractivity contribution >= 4 is 28.8 Å². The first-order valence-electron chi connectivity index (χ1n) is 8.16. The minimum absolute atomic E-state index is 0.113. The van der Waals surface area contributed by atoms with Crippen LogP contribution < -0.4 is 15.5 Å². The molecule has 0 aliphatic heterocycles. The smallest absolute Gasteiger partial charge is 0.275 e. The lowest BCUT2D eigenvalue weighted by Crippen LogP contribution is -2.16. The van der Waals surface area contributed by atoms with Crippen LogP contribution in [0, 0.1) is 17.5 Å². The minimum atomic E-state index is -1.66. The molecule has 0 atom stereocenters. The predicted octanol–water partition coefficient (Wildman–Crippen LogP) is 3.96. The number of halogens is 3. The fourth-order valence-corrected chi connectivity index (χ4v) is 2.31. The zero-order valence-electron chi connectivity index (χ0n) is 15.0. The first-order chi connectivity index (χ1) is 13.3. The Kier molecular flexibility index (Phi) is 5.44. The first-order valence-corrected chi connectivity index (χ1v) is 8.16. The second kappa shape index (κ2) is 7.95. The molecular formula is C19H16F3N5O. The van der Waals surface area contributed by atoms with E-state index >= 15 is 0 Å². The van der Waals surface area contributed by atoms with Crippen LogP contribution in [-0.2, 0) is 0 Å². The molecule has 2 N–H and O–H groups in total. The van der Waals surface area contributed by atoms with Gasteiger partial charge in [0.05, 0.1) is 18.1 Å². The minimum Gasteiger partial charge on any atom is -0.378 e. The largest absolute Gasteiger partial charge is 0.378 e. The van der Waals surface area contributed by atoms with E-state index in [4.69, 9.17) is 0 Å². The fraction of sp³-hybridized carbons (Fsp3) is 0.105. The summed E-state index contributed by atoms with van der Waals surface area (Å²) in [6.45, 7) is 0. The summed E-state index contributed by atoms with van der Waals surface area (Å²) in [5.41, 5.74) is 1.21. The number of aromatic nitrogens is 2. The Balaban J connectivity index is 1.68. The quantitative estimate of drug-likeness (QED) is 0.649. The number of hydrogen-bond donors (Lipinski definition) is 2. The van der Waals surface area contributed by atoms with Crippen LogP contribution in [0.3, 0.4) is 0 Å². The van der Waals surface area contributed by atoms with Crippen LogP contribution in [0.4, 0.5) is 36.1 Å². The van der Waals surface area contributed by atoms with Crippen molar-refractivity contribution in [3.05, 3.63) is 71.9 Å². The molecule has 0 fully saturated rings. The van der Waals surface area contributed by atoms with Crippen LogP contribution in [0.1, 0.15) is 10.5 Å². The molecule has 3 rings (SSSR count). The molecule has 1 heterocycles. The average molecular weight is 387 g/mol. The monoisotopic (exact) mass is 387 g/mol. The topological polar surface area (TPSA) is 70.2 Å². The fourth-order valence-electron chi connectivity index (χ4n) is 2.31. The lowest BCUT2D eigenvalue weighted by Gasteiger charge is -2.13. The molecule has 0 radical (unpaired) electrons. The van der Waals surface area contributed by atoms with Gasteiger partial charge in [-0.3, -0.25) is 4.79 Å². The van der Waals surface area contributed by atoms with Gasteiger partial charge in [0.15, 0.2) is 17.5 Å². The second-order valence-electron chi connectivity index (χ2n) is 6.03. The highest BCUT2D eigenvalue weighted by Crippen LogP contribution is 2.21. The van der Waals surface area contributed by atoms with Crippen molar-refractivity contribution in [3.63, 3.8) is 0 Å². The number of anilines is 4. The highest BCUT2D eigenvalue weighted by molar-refractivity contribution is 6.02. The molecule has 9 heteroatoms. The number of hydrogen-bond acceptors (Lipinski definition) is 5. The number of rotatable bonds is 5. The molecular weight excluding hydrogens is 371 g/mol. The summed E-state index contributed by atoms with van der Waals surface area (Å²) in [5, 5.41) is 5.17. The van der Waals surface area contributed by atoms with E-state index in [-0.39, 0.29) is 5.69 Å². The molecule has 0 saturated heterocycles. The summed E-state index contributed by atoms with van der Waals surface area (Å²) in [6.07, 6.45) is 2.51. The number of carbonyl (C=O) groups excluding carboxylic acids is 1. The number of benzene rings is 2. The molecule has 6 nitrogen and oxygen atoms in total. The average Bonchev–Trinajstić information content (AvgIpc) is 2.69. The third-order valence-electron chi connectivity index (χ3n) is 3.82. The van der Waals surface area contributed by atoms with Crippen molar-refractivity contribution < 1.29 is 18.0 Å². The van der Waals surface area contributed by atoms with Crippen LogP contribution >= 0.6 is 0 Å². The maximum Gasteiger partial charge on any atom is 0.275 e. The third kappa shape index (κ3) is 4.20. The highest BCUT2D eigenvalue weighted by atomic mass is 19.2. The van der Waals surface area contributed by atoms with Crippen molar-refractivity contribution in [2.45, 2.75) is 0 Å². The number of amides is 1. The Hall–Kier alpha value is -3.62. The number of carbonyl (C=O) groups is 1. The van der Waals surface area contributed by atoms with Gasteiger partial charge in [0.2, 0.25) is 0 Å². The Morgan fingerprint density at radius 1 is 0.929 bits per heavy atom. The van der Waals surface area contributed by atoms with E-state index < -0.39 is 29.0 Å². The van der Waals surface area contributed by atoms with Gasteiger partial charge < -0.3 is 15.5 Å². The van der Waals surface area contributed by atoms with Crippen molar-refractivity contribution in [1.82, 2.24) is 9.97 Å². The SMILES string of the molecule is CN(C)c1ccc(Nc2cnc(C(=O)Nc3ccc(F)c(F)c3F)cn2)cc1. The van der Waals surface area contributed by atoms with Crippen molar-refractivity contribution in [3.8, 4) is 0 Å². The van der Waals surface area contributed by atoms with E-state index in [1.807, 2.05) is 43.3 Å². The van der Waals surface area contributed by atoms with Gasteiger partial charge in [0.1, 0.15) is 11.5 Å². The van der Waals surface area contributed by atoms with E-state index in [0.29, 0.717) is 11.9 Å². The molecule has 1 aromatic heterocycles. The van der Waals surface area contributed by atoms with E-state index in [2.05, 4.69) is 20.6 Å². The standard InChI is InChI=1S/C19H16F3N5O/c1-27(2)12-5-3-11(4-6-12)25-16-10-23-15(9-24-16)19(28)26-14-8-7-13(20)17(21)18(14)22/h3-10H,1-2H3,(H,24,25)(H,26,28). The predicted molar refractivity (Wildman–Crippen MR) is 100 cm³/mol. The molecule has 2 aromatic carbocycles. The van der Waals surface area contributed by atoms with E-state index in [0.717, 1.165) is 17.4 Å². The summed E-state index contributed by atoms with van der Waals surface area (Å²) in [4.78, 5) is 22.1. The lowest BCUT2D eigenvalue weighted by atomic mass is 10.2. The van der Waals surface area contributed by atoms with Crippen LogP contribution in [0.15, 0.2) is 48.8 Å². The van der Waals surface area contributed by atoms with Crippen LogP contribution in [0.2, 0.25) is 0 Å². The summed E-state index contributed by atoms with van der Waals surface area (Å²) in [7, 11) is 3.87. The molecule has 0 unspecified atom stereocenters. The molecule has 0 spiro atoms. The zero-order chi connectivity index (χ0) is 20.3. The van der Waals surface area contributed by atoms with Crippen LogP contribution in [0.25, 0.3) is 0 Å². The molecule has 0 aliphatic rings. The maximum absolute atomic E-state index is 13.6. The van der Waals surface area contributed by atoms with Gasteiger partial charge in [-0.15, -0.1) is 0 Å². The molecule has 0 bridgehead atoms. The number of nitrogens with one attached hydrogen (secondary N) is 2. The van der Waals surface area contributed by atoms with Gasteiger partial charge in [-0.2, -0.15) is 0 Å². The molecule has 3 aromatic rings. The van der Waals surface area contributed by atoms with E-state index in [1.54, 1.807) is 0 Å². The Morgan fingerprint density at radius 2 is 1.64 bits per heavy atom. The third-order valence-corrected chi connectivity index (χ3v) is 3.82. The molecule has 1 amide bonds. The van der Waals surface area contributed by atoms with Crippen molar-refractivity contribution in [1.29, 1.82) is 0 Å². The van der Waals surface area contributed by atoms with Gasteiger partial charge in [-0.25, -0.2) is 23.1 Å². The van der Waals surface area contributed by atoms with Gasteiger partial charge in [0.25, 0.3) is 5.91 Å². The van der Waals surface area contributed by atoms with E-state index in [1.165, 1.54) is 12.4 Å². The molecule has 144 valence electrons. The highest BCUT2D eigenvalue weighted by Gasteiger charge is 2.16. The van der Waals surface area contributed by atoms with E-state index in [9.17, 15) is 18.0 Å². The Labute approximate surface area is 159 Å². The first kappa shape index (κ1) is 19.2. The zero-order valence-corrected chi connectivity index (χ0v) is 15.0. The lowest BCUT2D eigenvalue weighted by molar-refractivity contribution is 0.102. The van der Waals surface area contributed by atoms with Gasteiger partial charge in [-0.05, 0) is 36.4 Å². The van der Waals surface area contributed by atoms with Crippen LogP contribution in [0.5, 0.6) is 0 Å². The Bertz CT molecular complexity index is 992.